The van der Waals surface area contributed by atoms with Gasteiger partial charge in [0, 0.05) is 7.05 Å². The predicted molar refractivity (Wildman–Crippen MR) is 124 cm³/mol. The highest BCUT2D eigenvalue weighted by atomic mass is 16.5. The van der Waals surface area contributed by atoms with Crippen LogP contribution in [0.15, 0.2) is 48.5 Å². The molecule has 1 unspecified atom stereocenters. The molecule has 9 nitrogen and oxygen atoms in total. The van der Waals surface area contributed by atoms with Gasteiger partial charge in [-0.2, -0.15) is 5.26 Å². The van der Waals surface area contributed by atoms with Gasteiger partial charge in [-0.25, -0.2) is 9.86 Å². The van der Waals surface area contributed by atoms with Gasteiger partial charge in [0.15, 0.2) is 0 Å². The summed E-state index contributed by atoms with van der Waals surface area (Å²) in [6, 6.07) is 15.0. The van der Waals surface area contributed by atoms with Gasteiger partial charge in [-0.15, -0.1) is 0 Å². The molecule has 3 rings (SSSR count). The van der Waals surface area contributed by atoms with E-state index in [9.17, 15) is 19.6 Å². The summed E-state index contributed by atoms with van der Waals surface area (Å²) < 4.78 is 5.84. The largest absolute Gasteiger partial charge is 0.491 e. The average molecular weight is 465 g/mol. The molecule has 1 saturated heterocycles. The Balaban J connectivity index is 1.75. The van der Waals surface area contributed by atoms with Crippen molar-refractivity contribution in [1.29, 1.82) is 5.26 Å². The number of rotatable bonds is 9. The summed E-state index contributed by atoms with van der Waals surface area (Å²) in [5.74, 6) is 0.141. The van der Waals surface area contributed by atoms with Gasteiger partial charge in [-0.05, 0) is 49.6 Å². The van der Waals surface area contributed by atoms with Gasteiger partial charge in [-0.1, -0.05) is 36.4 Å². The first-order chi connectivity index (χ1) is 16.1. The molecule has 1 aliphatic rings. The van der Waals surface area contributed by atoms with Crippen molar-refractivity contribution in [2.45, 2.75) is 44.8 Å². The van der Waals surface area contributed by atoms with Gasteiger partial charge in [-0.3, -0.25) is 19.7 Å². The number of hydrogen-bond donors (Lipinski definition) is 1. The van der Waals surface area contributed by atoms with E-state index in [0.29, 0.717) is 17.2 Å². The minimum absolute atomic E-state index is 0.106. The van der Waals surface area contributed by atoms with Crippen LogP contribution in [0.25, 0.3) is 11.1 Å². The summed E-state index contributed by atoms with van der Waals surface area (Å²) >= 11 is 0. The third kappa shape index (κ3) is 4.72. The second kappa shape index (κ2) is 9.93. The van der Waals surface area contributed by atoms with Crippen LogP contribution in [0.1, 0.15) is 26.3 Å². The maximum Gasteiger partial charge on any atom is 0.327 e. The zero-order valence-corrected chi connectivity index (χ0v) is 19.6. The molecule has 4 amide bonds. The van der Waals surface area contributed by atoms with Crippen molar-refractivity contribution in [3.63, 3.8) is 0 Å². The van der Waals surface area contributed by atoms with Crippen LogP contribution in [0.2, 0.25) is 0 Å². The number of ether oxygens (including phenoxy) is 1. The molecule has 1 N–H and O–H groups in total. The number of hydrogen-bond acceptors (Lipinski definition) is 6. The van der Waals surface area contributed by atoms with Crippen molar-refractivity contribution in [3.05, 3.63) is 54.1 Å². The molecular formula is C25H28N4O5. The SMILES string of the molecule is C[C@H](C(COc1ccc(-c2cccc(CC#N)c2)cc1)N(O)C=O)N1C(=O)N(C)C(=O)C1(C)C. The van der Waals surface area contributed by atoms with E-state index >= 15 is 0 Å². The third-order valence-electron chi connectivity index (χ3n) is 6.15. The molecular weight excluding hydrogens is 436 g/mol. The fourth-order valence-corrected chi connectivity index (χ4v) is 4.25. The quantitative estimate of drug-likeness (QED) is 0.264. The van der Waals surface area contributed by atoms with E-state index in [2.05, 4.69) is 6.07 Å². The minimum atomic E-state index is -1.13. The normalized spacial score (nSPS) is 16.7. The Morgan fingerprint density at radius 2 is 1.85 bits per heavy atom. The van der Waals surface area contributed by atoms with Crippen molar-refractivity contribution >= 4 is 18.3 Å². The van der Waals surface area contributed by atoms with E-state index in [1.54, 1.807) is 32.9 Å². The minimum Gasteiger partial charge on any atom is -0.491 e. The number of nitriles is 1. The number of imide groups is 1. The summed E-state index contributed by atoms with van der Waals surface area (Å²) in [5.41, 5.74) is 1.71. The molecule has 0 aromatic heterocycles. The van der Waals surface area contributed by atoms with Crippen molar-refractivity contribution < 1.29 is 24.3 Å². The average Bonchev–Trinajstić information content (AvgIpc) is 2.98. The Morgan fingerprint density at radius 3 is 2.41 bits per heavy atom. The summed E-state index contributed by atoms with van der Waals surface area (Å²) in [7, 11) is 1.40. The van der Waals surface area contributed by atoms with Crippen LogP contribution in [-0.4, -0.2) is 69.7 Å². The fourth-order valence-electron chi connectivity index (χ4n) is 4.25. The van der Waals surface area contributed by atoms with Gasteiger partial charge in [0.1, 0.15) is 23.9 Å². The molecule has 34 heavy (non-hydrogen) atoms. The lowest BCUT2D eigenvalue weighted by molar-refractivity contribution is -0.169. The molecule has 9 heteroatoms. The van der Waals surface area contributed by atoms with Crippen LogP contribution >= 0.6 is 0 Å². The highest BCUT2D eigenvalue weighted by Gasteiger charge is 2.53. The fraction of sp³-hybridized carbons (Fsp3) is 0.360. The molecule has 1 heterocycles. The highest BCUT2D eigenvalue weighted by Crippen LogP contribution is 2.31. The zero-order chi connectivity index (χ0) is 25.0. The summed E-state index contributed by atoms with van der Waals surface area (Å²) in [5, 5.41) is 19.6. The van der Waals surface area contributed by atoms with Crippen LogP contribution in [0, 0.1) is 11.3 Å². The Morgan fingerprint density at radius 1 is 1.18 bits per heavy atom. The zero-order valence-electron chi connectivity index (χ0n) is 19.6. The van der Waals surface area contributed by atoms with Crippen molar-refractivity contribution in [1.82, 2.24) is 14.9 Å². The van der Waals surface area contributed by atoms with Crippen molar-refractivity contribution in [2.24, 2.45) is 0 Å². The number of nitrogens with zero attached hydrogens (tertiary/aromatic N) is 4. The molecule has 178 valence electrons. The number of amides is 4. The smallest absolute Gasteiger partial charge is 0.327 e. The van der Waals surface area contributed by atoms with Crippen LogP contribution in [0.4, 0.5) is 4.79 Å². The molecule has 0 spiro atoms. The van der Waals surface area contributed by atoms with E-state index in [1.807, 2.05) is 36.4 Å². The van der Waals surface area contributed by atoms with Crippen LogP contribution in [0.5, 0.6) is 5.75 Å². The Labute approximate surface area is 198 Å². The molecule has 2 aromatic carbocycles. The lowest BCUT2D eigenvalue weighted by atomic mass is 9.99. The summed E-state index contributed by atoms with van der Waals surface area (Å²) in [6.45, 7) is 4.80. The van der Waals surface area contributed by atoms with Gasteiger partial charge >= 0.3 is 6.03 Å². The maximum atomic E-state index is 12.7. The lowest BCUT2D eigenvalue weighted by Crippen LogP contribution is -2.58. The van der Waals surface area contributed by atoms with Crippen molar-refractivity contribution in [2.75, 3.05) is 13.7 Å². The van der Waals surface area contributed by atoms with E-state index in [4.69, 9.17) is 10.00 Å². The van der Waals surface area contributed by atoms with Gasteiger partial charge < -0.3 is 9.64 Å². The van der Waals surface area contributed by atoms with Crippen LogP contribution < -0.4 is 4.74 Å². The Kier molecular flexibility index (Phi) is 7.23. The summed E-state index contributed by atoms with van der Waals surface area (Å²) in [4.78, 5) is 38.9. The predicted octanol–water partition coefficient (Wildman–Crippen LogP) is 3.08. The van der Waals surface area contributed by atoms with E-state index < -0.39 is 23.7 Å². The van der Waals surface area contributed by atoms with Gasteiger partial charge in [0.2, 0.25) is 6.41 Å². The number of carbonyl (C=O) groups excluding carboxylic acids is 3. The molecule has 0 aliphatic carbocycles. The second-order valence-electron chi connectivity index (χ2n) is 8.74. The molecule has 0 bridgehead atoms. The standard InChI is InChI=1S/C25H28N4O5/c1-17(29-24(32)27(4)23(31)25(29,2)3)22(28(33)16-30)15-34-21-10-8-19(9-11-21)20-7-5-6-18(14-20)12-13-26/h5-11,14,16-17,22,33H,12,15H2,1-4H3/t17-,22?/m1/s1. The first kappa shape index (κ1) is 24.7. The number of carbonyl (C=O) groups is 3. The first-order valence-electron chi connectivity index (χ1n) is 10.8. The molecule has 0 radical (unpaired) electrons. The van der Waals surface area contributed by atoms with E-state index in [1.165, 1.54) is 11.9 Å². The Hall–Kier alpha value is -3.90. The van der Waals surface area contributed by atoms with Gasteiger partial charge in [0.25, 0.3) is 5.91 Å². The number of urea groups is 1. The molecule has 0 saturated carbocycles. The second-order valence-corrected chi connectivity index (χ2v) is 8.74. The molecule has 1 aliphatic heterocycles. The van der Waals surface area contributed by atoms with E-state index in [0.717, 1.165) is 21.6 Å². The van der Waals surface area contributed by atoms with Crippen LogP contribution in [-0.2, 0) is 16.0 Å². The summed E-state index contributed by atoms with van der Waals surface area (Å²) in [6.07, 6.45) is 0.585. The number of likely N-dealkylation sites (N-methyl/N-ethyl adjacent to an activating group) is 1. The van der Waals surface area contributed by atoms with E-state index in [-0.39, 0.29) is 18.9 Å². The molecule has 2 aromatic rings. The monoisotopic (exact) mass is 464 g/mol. The topological polar surface area (TPSA) is 114 Å². The first-order valence-corrected chi connectivity index (χ1v) is 10.8. The highest BCUT2D eigenvalue weighted by molar-refractivity contribution is 6.06. The Bertz CT molecular complexity index is 1110. The van der Waals surface area contributed by atoms with Crippen molar-refractivity contribution in [3.8, 4) is 22.9 Å². The van der Waals surface area contributed by atoms with Gasteiger partial charge in [0.05, 0.1) is 18.5 Å². The maximum absolute atomic E-state index is 12.7. The molecule has 1 fully saturated rings. The number of hydroxylamine groups is 2. The third-order valence-corrected chi connectivity index (χ3v) is 6.15. The molecule has 2 atom stereocenters. The lowest BCUT2D eigenvalue weighted by Gasteiger charge is -2.39. The van der Waals surface area contributed by atoms with Crippen LogP contribution in [0.3, 0.4) is 0 Å². The number of benzene rings is 2.